The molecule has 0 aliphatic rings. The fourth-order valence-corrected chi connectivity index (χ4v) is 2.92. The van der Waals surface area contributed by atoms with Gasteiger partial charge in [-0.1, -0.05) is 23.4 Å². The summed E-state index contributed by atoms with van der Waals surface area (Å²) >= 11 is 8.41. The zero-order valence-electron chi connectivity index (χ0n) is 10.0. The van der Waals surface area contributed by atoms with Crippen LogP contribution in [0.2, 0.25) is 5.02 Å². The van der Waals surface area contributed by atoms with Gasteiger partial charge in [0.2, 0.25) is 5.91 Å². The number of thioether (sulfide) groups is 1. The predicted molar refractivity (Wildman–Crippen MR) is 79.9 cm³/mol. The molecule has 8 heteroatoms. The van der Waals surface area contributed by atoms with Crippen molar-refractivity contribution in [1.29, 1.82) is 0 Å². The van der Waals surface area contributed by atoms with E-state index in [0.717, 1.165) is 10.2 Å². The average molecular weight is 315 g/mol. The molecule has 1 aromatic carbocycles. The highest BCUT2D eigenvalue weighted by atomic mass is 35.5. The first kappa shape index (κ1) is 14.1. The summed E-state index contributed by atoms with van der Waals surface area (Å²) in [5.41, 5.74) is 6.76. The summed E-state index contributed by atoms with van der Waals surface area (Å²) in [5, 5.41) is 3.26. The number of hydrogen-bond acceptors (Lipinski definition) is 6. The van der Waals surface area contributed by atoms with E-state index >= 15 is 0 Å². The van der Waals surface area contributed by atoms with Gasteiger partial charge in [0.05, 0.1) is 17.1 Å². The standard InChI is InChI=1S/C11H11ClN4OS2/c1-6-14-11(19-16-6)18-5-10(17)15-9-3-2-7(12)4-8(9)13/h2-4H,5,13H2,1H3,(H,15,17). The summed E-state index contributed by atoms with van der Waals surface area (Å²) in [7, 11) is 0. The van der Waals surface area contributed by atoms with Crippen LogP contribution in [0.4, 0.5) is 11.4 Å². The molecule has 2 aromatic rings. The number of halogens is 1. The van der Waals surface area contributed by atoms with Gasteiger partial charge in [0.25, 0.3) is 0 Å². The van der Waals surface area contributed by atoms with Crippen molar-refractivity contribution in [2.45, 2.75) is 11.3 Å². The number of nitrogens with two attached hydrogens (primary N) is 1. The van der Waals surface area contributed by atoms with Crippen molar-refractivity contribution in [2.75, 3.05) is 16.8 Å². The van der Waals surface area contributed by atoms with Crippen molar-refractivity contribution in [3.8, 4) is 0 Å². The number of nitrogens with zero attached hydrogens (tertiary/aromatic N) is 2. The van der Waals surface area contributed by atoms with Crippen LogP contribution in [-0.2, 0) is 4.79 Å². The molecule has 0 spiro atoms. The zero-order chi connectivity index (χ0) is 13.8. The van der Waals surface area contributed by atoms with Crippen LogP contribution >= 0.6 is 34.9 Å². The number of aryl methyl sites for hydroxylation is 1. The second-order valence-corrected chi connectivity index (χ2v) is 6.09. The summed E-state index contributed by atoms with van der Waals surface area (Å²) in [6, 6.07) is 4.95. The molecule has 1 aromatic heterocycles. The van der Waals surface area contributed by atoms with Gasteiger partial charge in [-0.05, 0) is 36.7 Å². The summed E-state index contributed by atoms with van der Waals surface area (Å²) < 4.78 is 4.82. The third-order valence-electron chi connectivity index (χ3n) is 2.12. The van der Waals surface area contributed by atoms with Gasteiger partial charge in [0.1, 0.15) is 5.82 Å². The number of carbonyl (C=O) groups is 1. The van der Waals surface area contributed by atoms with Crippen molar-refractivity contribution >= 4 is 52.2 Å². The lowest BCUT2D eigenvalue weighted by atomic mass is 10.2. The van der Waals surface area contributed by atoms with Gasteiger partial charge < -0.3 is 11.1 Å². The molecule has 0 saturated carbocycles. The van der Waals surface area contributed by atoms with Gasteiger partial charge in [-0.25, -0.2) is 4.98 Å². The number of aromatic nitrogens is 2. The summed E-state index contributed by atoms with van der Waals surface area (Å²) in [6.07, 6.45) is 0. The molecule has 0 fully saturated rings. The number of rotatable bonds is 4. The molecule has 2 rings (SSSR count). The molecule has 0 radical (unpaired) electrons. The van der Waals surface area contributed by atoms with Gasteiger partial charge in [0, 0.05) is 5.02 Å². The largest absolute Gasteiger partial charge is 0.397 e. The third kappa shape index (κ3) is 4.09. The summed E-state index contributed by atoms with van der Waals surface area (Å²) in [6.45, 7) is 1.81. The number of amides is 1. The van der Waals surface area contributed by atoms with Gasteiger partial charge in [-0.3, -0.25) is 4.79 Å². The maximum Gasteiger partial charge on any atom is 0.234 e. The van der Waals surface area contributed by atoms with Gasteiger partial charge in [-0.2, -0.15) is 4.37 Å². The van der Waals surface area contributed by atoms with Crippen molar-refractivity contribution in [3.05, 3.63) is 29.0 Å². The van der Waals surface area contributed by atoms with Crippen molar-refractivity contribution in [1.82, 2.24) is 9.36 Å². The number of hydrogen-bond donors (Lipinski definition) is 2. The van der Waals surface area contributed by atoms with Crippen LogP contribution in [0.1, 0.15) is 5.82 Å². The van der Waals surface area contributed by atoms with E-state index in [-0.39, 0.29) is 11.7 Å². The fourth-order valence-electron chi connectivity index (χ4n) is 1.30. The van der Waals surface area contributed by atoms with E-state index in [2.05, 4.69) is 14.7 Å². The van der Waals surface area contributed by atoms with Gasteiger partial charge >= 0.3 is 0 Å². The Kier molecular flexibility index (Phi) is 4.62. The lowest BCUT2D eigenvalue weighted by molar-refractivity contribution is -0.113. The Labute approximate surface area is 123 Å². The highest BCUT2D eigenvalue weighted by molar-refractivity contribution is 8.01. The highest BCUT2D eigenvalue weighted by Gasteiger charge is 2.08. The molecule has 1 amide bonds. The monoisotopic (exact) mass is 314 g/mol. The van der Waals surface area contributed by atoms with Crippen LogP contribution in [0.3, 0.4) is 0 Å². The predicted octanol–water partition coefficient (Wildman–Crippen LogP) is 2.81. The molecule has 19 heavy (non-hydrogen) atoms. The molecule has 3 N–H and O–H groups in total. The van der Waals surface area contributed by atoms with Crippen LogP contribution in [0.25, 0.3) is 0 Å². The molecule has 0 aliphatic heterocycles. The number of anilines is 2. The van der Waals surface area contributed by atoms with Crippen molar-refractivity contribution in [3.63, 3.8) is 0 Å². The molecule has 0 unspecified atom stereocenters. The van der Waals surface area contributed by atoms with Crippen LogP contribution in [0.5, 0.6) is 0 Å². The quantitative estimate of drug-likeness (QED) is 0.670. The Bertz CT molecular complexity index is 602. The topological polar surface area (TPSA) is 80.9 Å². The van der Waals surface area contributed by atoms with E-state index in [1.165, 1.54) is 23.3 Å². The Morgan fingerprint density at radius 1 is 1.58 bits per heavy atom. The van der Waals surface area contributed by atoms with Crippen LogP contribution < -0.4 is 11.1 Å². The first-order valence-electron chi connectivity index (χ1n) is 5.32. The fraction of sp³-hybridized carbons (Fsp3) is 0.182. The van der Waals surface area contributed by atoms with E-state index in [4.69, 9.17) is 17.3 Å². The Morgan fingerprint density at radius 2 is 2.37 bits per heavy atom. The lowest BCUT2D eigenvalue weighted by Gasteiger charge is -2.07. The zero-order valence-corrected chi connectivity index (χ0v) is 12.4. The second-order valence-electron chi connectivity index (χ2n) is 3.68. The second kappa shape index (κ2) is 6.23. The minimum Gasteiger partial charge on any atom is -0.397 e. The van der Waals surface area contributed by atoms with Gasteiger partial charge in [-0.15, -0.1) is 0 Å². The molecule has 1 heterocycles. The maximum absolute atomic E-state index is 11.8. The number of nitrogens with one attached hydrogen (secondary N) is 1. The Balaban J connectivity index is 1.90. The Morgan fingerprint density at radius 3 is 3.00 bits per heavy atom. The molecule has 5 nitrogen and oxygen atoms in total. The van der Waals surface area contributed by atoms with E-state index in [1.807, 2.05) is 6.92 Å². The van der Waals surface area contributed by atoms with Crippen molar-refractivity contribution < 1.29 is 4.79 Å². The average Bonchev–Trinajstić information content (AvgIpc) is 2.76. The van der Waals surface area contributed by atoms with Crippen molar-refractivity contribution in [2.24, 2.45) is 0 Å². The molecule has 100 valence electrons. The maximum atomic E-state index is 11.8. The van der Waals surface area contributed by atoms with E-state index in [1.54, 1.807) is 18.2 Å². The lowest BCUT2D eigenvalue weighted by Crippen LogP contribution is -2.15. The van der Waals surface area contributed by atoms with E-state index in [9.17, 15) is 4.79 Å². The SMILES string of the molecule is Cc1nsc(SCC(=O)Nc2ccc(Cl)cc2N)n1. The highest BCUT2D eigenvalue weighted by Crippen LogP contribution is 2.24. The minimum atomic E-state index is -0.146. The molecule has 0 bridgehead atoms. The van der Waals surface area contributed by atoms with Gasteiger partial charge in [0.15, 0.2) is 4.34 Å². The molecule has 0 atom stereocenters. The van der Waals surface area contributed by atoms with Crippen LogP contribution in [-0.4, -0.2) is 21.0 Å². The smallest absolute Gasteiger partial charge is 0.234 e. The third-order valence-corrected chi connectivity index (χ3v) is 4.28. The molecule has 0 saturated heterocycles. The number of carbonyl (C=O) groups excluding carboxylic acids is 1. The van der Waals surface area contributed by atoms with Crippen LogP contribution in [0, 0.1) is 6.92 Å². The number of benzene rings is 1. The number of nitrogen functional groups attached to an aromatic ring is 1. The molecular formula is C11H11ClN4OS2. The minimum absolute atomic E-state index is 0.146. The molecule has 0 aliphatic carbocycles. The molecular weight excluding hydrogens is 304 g/mol. The first-order chi connectivity index (χ1) is 9.04. The Hall–Kier alpha value is -1.31. The first-order valence-corrected chi connectivity index (χ1v) is 7.46. The van der Waals surface area contributed by atoms with E-state index < -0.39 is 0 Å². The van der Waals surface area contributed by atoms with E-state index in [0.29, 0.717) is 16.4 Å². The normalized spacial score (nSPS) is 10.4. The van der Waals surface area contributed by atoms with Crippen LogP contribution in [0.15, 0.2) is 22.5 Å². The summed E-state index contributed by atoms with van der Waals surface area (Å²) in [5.74, 6) is 0.832. The summed E-state index contributed by atoms with van der Waals surface area (Å²) in [4.78, 5) is 15.9.